The Morgan fingerprint density at radius 3 is 2.91 bits per heavy atom. The summed E-state index contributed by atoms with van der Waals surface area (Å²) in [5.74, 6) is 0.884. The third-order valence-electron chi connectivity index (χ3n) is 4.91. The van der Waals surface area contributed by atoms with E-state index >= 15 is 0 Å². The van der Waals surface area contributed by atoms with Crippen molar-refractivity contribution in [3.05, 3.63) is 47.3 Å². The van der Waals surface area contributed by atoms with Crippen LogP contribution in [0.1, 0.15) is 47.8 Å². The average molecular weight is 310 g/mol. The SMILES string of the molecule is O=C(CCc1ccc[nH]1)N1CCc2ncnc(C3CC3)c2CC1. The van der Waals surface area contributed by atoms with Crippen molar-refractivity contribution in [1.82, 2.24) is 19.9 Å². The number of nitrogens with zero attached hydrogens (tertiary/aromatic N) is 3. The maximum absolute atomic E-state index is 12.5. The highest BCUT2D eigenvalue weighted by atomic mass is 16.2. The first-order valence-corrected chi connectivity index (χ1v) is 8.54. The summed E-state index contributed by atoms with van der Waals surface area (Å²) in [6.07, 6.45) is 9.21. The van der Waals surface area contributed by atoms with Gasteiger partial charge in [-0.3, -0.25) is 4.79 Å². The molecule has 0 unspecified atom stereocenters. The van der Waals surface area contributed by atoms with E-state index < -0.39 is 0 Å². The maximum atomic E-state index is 12.5. The van der Waals surface area contributed by atoms with Crippen LogP contribution in [-0.4, -0.2) is 38.8 Å². The van der Waals surface area contributed by atoms with E-state index in [4.69, 9.17) is 0 Å². The van der Waals surface area contributed by atoms with Crippen LogP contribution in [0, 0.1) is 0 Å². The topological polar surface area (TPSA) is 61.9 Å². The van der Waals surface area contributed by atoms with Gasteiger partial charge in [-0.25, -0.2) is 9.97 Å². The summed E-state index contributed by atoms with van der Waals surface area (Å²) in [6.45, 7) is 1.57. The highest BCUT2D eigenvalue weighted by molar-refractivity contribution is 5.76. The number of fused-ring (bicyclic) bond motifs is 1. The van der Waals surface area contributed by atoms with Gasteiger partial charge in [0.25, 0.3) is 0 Å². The van der Waals surface area contributed by atoms with Crippen molar-refractivity contribution in [2.45, 2.75) is 44.4 Å². The zero-order valence-electron chi connectivity index (χ0n) is 13.3. The summed E-state index contributed by atoms with van der Waals surface area (Å²) in [5, 5.41) is 0. The monoisotopic (exact) mass is 310 g/mol. The molecule has 4 rings (SSSR count). The second-order valence-electron chi connectivity index (χ2n) is 6.53. The first-order valence-electron chi connectivity index (χ1n) is 8.54. The first kappa shape index (κ1) is 14.4. The molecule has 3 heterocycles. The van der Waals surface area contributed by atoms with Crippen molar-refractivity contribution in [3.63, 3.8) is 0 Å². The molecule has 2 aliphatic rings. The second-order valence-corrected chi connectivity index (χ2v) is 6.53. The van der Waals surface area contributed by atoms with Crippen LogP contribution in [0.25, 0.3) is 0 Å². The molecule has 1 fully saturated rings. The summed E-state index contributed by atoms with van der Waals surface area (Å²) in [5.41, 5.74) is 4.84. The van der Waals surface area contributed by atoms with Crippen molar-refractivity contribution in [2.24, 2.45) is 0 Å². The number of rotatable bonds is 4. The Hall–Kier alpha value is -2.17. The molecule has 2 aromatic heterocycles. The number of hydrogen-bond acceptors (Lipinski definition) is 3. The van der Waals surface area contributed by atoms with Gasteiger partial charge in [0.15, 0.2) is 0 Å². The largest absolute Gasteiger partial charge is 0.365 e. The van der Waals surface area contributed by atoms with Crippen molar-refractivity contribution in [2.75, 3.05) is 13.1 Å². The summed E-state index contributed by atoms with van der Waals surface area (Å²) < 4.78 is 0. The zero-order chi connectivity index (χ0) is 15.6. The molecule has 120 valence electrons. The third kappa shape index (κ3) is 3.14. The van der Waals surface area contributed by atoms with E-state index in [1.54, 1.807) is 6.33 Å². The minimum atomic E-state index is 0.244. The Morgan fingerprint density at radius 2 is 2.13 bits per heavy atom. The van der Waals surface area contributed by atoms with Crippen molar-refractivity contribution < 1.29 is 4.79 Å². The molecule has 5 nitrogen and oxygen atoms in total. The summed E-state index contributed by atoms with van der Waals surface area (Å²) in [6, 6.07) is 4.00. The Morgan fingerprint density at radius 1 is 1.26 bits per heavy atom. The van der Waals surface area contributed by atoms with Gasteiger partial charge in [0.1, 0.15) is 6.33 Å². The quantitative estimate of drug-likeness (QED) is 0.942. The normalized spacial score (nSPS) is 17.7. The fraction of sp³-hybridized carbons (Fsp3) is 0.500. The van der Waals surface area contributed by atoms with Crippen molar-refractivity contribution >= 4 is 5.91 Å². The number of carbonyl (C=O) groups is 1. The lowest BCUT2D eigenvalue weighted by Crippen LogP contribution is -2.33. The molecule has 1 aliphatic heterocycles. The number of aromatic nitrogens is 3. The molecule has 0 bridgehead atoms. The Bertz CT molecular complexity index is 691. The molecule has 1 N–H and O–H groups in total. The molecule has 0 saturated heterocycles. The predicted molar refractivity (Wildman–Crippen MR) is 87.1 cm³/mol. The minimum Gasteiger partial charge on any atom is -0.365 e. The molecule has 1 aliphatic carbocycles. The van der Waals surface area contributed by atoms with Crippen molar-refractivity contribution in [1.29, 1.82) is 0 Å². The van der Waals surface area contributed by atoms with Crippen molar-refractivity contribution in [3.8, 4) is 0 Å². The molecular weight excluding hydrogens is 288 g/mol. The molecule has 0 radical (unpaired) electrons. The number of H-pyrrole nitrogens is 1. The van der Waals surface area contributed by atoms with Gasteiger partial charge >= 0.3 is 0 Å². The molecule has 1 amide bonds. The highest BCUT2D eigenvalue weighted by Gasteiger charge is 2.30. The van der Waals surface area contributed by atoms with Gasteiger partial charge in [0.2, 0.25) is 5.91 Å². The number of aryl methyl sites for hydroxylation is 1. The molecule has 0 atom stereocenters. The average Bonchev–Trinajstić information content (AvgIpc) is 3.33. The van der Waals surface area contributed by atoms with Crippen LogP contribution in [0.2, 0.25) is 0 Å². The maximum Gasteiger partial charge on any atom is 0.222 e. The molecule has 0 aromatic carbocycles. The fourth-order valence-electron chi connectivity index (χ4n) is 3.43. The molecule has 1 saturated carbocycles. The third-order valence-corrected chi connectivity index (χ3v) is 4.91. The second kappa shape index (κ2) is 6.14. The van der Waals surface area contributed by atoms with E-state index in [2.05, 4.69) is 15.0 Å². The Kier molecular flexibility index (Phi) is 3.85. The molecule has 0 spiro atoms. The predicted octanol–water partition coefficient (Wildman–Crippen LogP) is 2.24. The fourth-order valence-corrected chi connectivity index (χ4v) is 3.43. The lowest BCUT2D eigenvalue weighted by molar-refractivity contribution is -0.131. The number of hydrogen-bond donors (Lipinski definition) is 1. The van der Waals surface area contributed by atoms with Crippen LogP contribution >= 0.6 is 0 Å². The van der Waals surface area contributed by atoms with E-state index in [1.807, 2.05) is 23.2 Å². The van der Waals surface area contributed by atoms with Crippen LogP contribution in [-0.2, 0) is 24.1 Å². The first-order chi connectivity index (χ1) is 11.3. The Balaban J connectivity index is 1.41. The van der Waals surface area contributed by atoms with Gasteiger partial charge in [0, 0.05) is 49.4 Å². The number of amides is 1. The van der Waals surface area contributed by atoms with E-state index in [1.165, 1.54) is 24.1 Å². The van der Waals surface area contributed by atoms with Gasteiger partial charge in [-0.1, -0.05) is 0 Å². The molecule has 2 aromatic rings. The smallest absolute Gasteiger partial charge is 0.222 e. The Labute approximate surface area is 136 Å². The number of carbonyl (C=O) groups excluding carboxylic acids is 1. The van der Waals surface area contributed by atoms with Crippen LogP contribution in [0.5, 0.6) is 0 Å². The van der Waals surface area contributed by atoms with Crippen LogP contribution in [0.3, 0.4) is 0 Å². The van der Waals surface area contributed by atoms with E-state index in [0.717, 1.165) is 43.7 Å². The lowest BCUT2D eigenvalue weighted by atomic mass is 10.0. The van der Waals surface area contributed by atoms with Gasteiger partial charge in [0.05, 0.1) is 5.69 Å². The lowest BCUT2D eigenvalue weighted by Gasteiger charge is -2.20. The van der Waals surface area contributed by atoms with Crippen LogP contribution in [0.4, 0.5) is 0 Å². The molecule has 5 heteroatoms. The summed E-state index contributed by atoms with van der Waals surface area (Å²) in [7, 11) is 0. The molecule has 23 heavy (non-hydrogen) atoms. The minimum absolute atomic E-state index is 0.244. The standard InChI is InChI=1S/C18H22N4O/c23-17(6-5-14-2-1-9-19-14)22-10-7-15-16(8-11-22)20-12-21-18(15)13-3-4-13/h1-2,9,12-13,19H,3-8,10-11H2. The summed E-state index contributed by atoms with van der Waals surface area (Å²) in [4.78, 5) is 26.7. The van der Waals surface area contributed by atoms with Crippen LogP contribution < -0.4 is 0 Å². The highest BCUT2D eigenvalue weighted by Crippen LogP contribution is 2.41. The van der Waals surface area contributed by atoms with Crippen LogP contribution in [0.15, 0.2) is 24.7 Å². The van der Waals surface area contributed by atoms with E-state index in [9.17, 15) is 4.79 Å². The zero-order valence-corrected chi connectivity index (χ0v) is 13.3. The number of nitrogens with one attached hydrogen (secondary N) is 1. The van der Waals surface area contributed by atoms with Gasteiger partial charge in [-0.05, 0) is 43.4 Å². The van der Waals surface area contributed by atoms with Gasteiger partial charge < -0.3 is 9.88 Å². The van der Waals surface area contributed by atoms with Gasteiger partial charge in [-0.15, -0.1) is 0 Å². The number of aromatic amines is 1. The van der Waals surface area contributed by atoms with E-state index in [0.29, 0.717) is 12.3 Å². The summed E-state index contributed by atoms with van der Waals surface area (Å²) >= 11 is 0. The van der Waals surface area contributed by atoms with Gasteiger partial charge in [-0.2, -0.15) is 0 Å². The van der Waals surface area contributed by atoms with E-state index in [-0.39, 0.29) is 5.91 Å². The molecular formula is C18H22N4O.